The molecule has 7 rings (SSSR count). The van der Waals surface area contributed by atoms with Crippen LogP contribution in [0.5, 0.6) is 0 Å². The lowest BCUT2D eigenvalue weighted by Gasteiger charge is -2.10. The summed E-state index contributed by atoms with van der Waals surface area (Å²) in [6.45, 7) is 7.65. The lowest BCUT2D eigenvalue weighted by atomic mass is 9.98. The molecule has 4 heteroatoms. The van der Waals surface area contributed by atoms with Crippen molar-refractivity contribution < 1.29 is 0 Å². The highest BCUT2D eigenvalue weighted by Crippen LogP contribution is 2.40. The van der Waals surface area contributed by atoms with E-state index in [0.29, 0.717) is 0 Å². The Morgan fingerprint density at radius 3 is 2.21 bits per heavy atom. The summed E-state index contributed by atoms with van der Waals surface area (Å²) in [5, 5.41) is 11.3. The molecule has 0 unspecified atom stereocenters. The maximum absolute atomic E-state index is 4.66. The first kappa shape index (κ1) is 18.9. The number of pyridine rings is 1. The molecule has 160 valence electrons. The number of aryl methyl sites for hydroxylation is 3. The van der Waals surface area contributed by atoms with E-state index in [2.05, 4.69) is 102 Å². The highest BCUT2D eigenvalue weighted by molar-refractivity contribution is 7.13. The number of nitrogens with zero attached hydrogens (tertiary/aromatic N) is 3. The Morgan fingerprint density at radius 2 is 1.39 bits per heavy atom. The summed E-state index contributed by atoms with van der Waals surface area (Å²) >= 11 is 1.88. The average molecular weight is 446 g/mol. The van der Waals surface area contributed by atoms with E-state index in [1.165, 1.54) is 64.4 Å². The van der Waals surface area contributed by atoms with E-state index in [0.717, 1.165) is 12.1 Å². The van der Waals surface area contributed by atoms with Gasteiger partial charge in [0.2, 0.25) is 0 Å². The van der Waals surface area contributed by atoms with Crippen molar-refractivity contribution in [1.82, 2.24) is 14.2 Å². The Kier molecular flexibility index (Phi) is 3.83. The lowest BCUT2D eigenvalue weighted by molar-refractivity contribution is 0.827. The summed E-state index contributed by atoms with van der Waals surface area (Å²) in [6.07, 6.45) is 1.91. The molecular formula is C29H23N3S. The molecule has 0 saturated heterocycles. The number of hydrogen-bond acceptors (Lipinski definition) is 2. The standard InChI is InChI=1S/C29H23N3S/c1-4-31-24-8-6-5-7-21(24)22-15-19(9-11-25(22)31)20-10-12-26-23(16-20)28-17(2)33-18(3)29(28)27-13-14-30-32(26)27/h5-16H,4H2,1-3H3. The van der Waals surface area contributed by atoms with Gasteiger partial charge in [-0.3, -0.25) is 0 Å². The van der Waals surface area contributed by atoms with Crippen LogP contribution in [0.3, 0.4) is 0 Å². The first-order valence-corrected chi connectivity index (χ1v) is 12.3. The van der Waals surface area contributed by atoms with Gasteiger partial charge >= 0.3 is 0 Å². The third kappa shape index (κ3) is 2.47. The van der Waals surface area contributed by atoms with E-state index in [9.17, 15) is 0 Å². The summed E-state index contributed by atoms with van der Waals surface area (Å²) in [5.74, 6) is 0. The maximum atomic E-state index is 4.66. The second kappa shape index (κ2) is 6.69. The molecule has 0 N–H and O–H groups in total. The predicted molar refractivity (Wildman–Crippen MR) is 142 cm³/mol. The van der Waals surface area contributed by atoms with Crippen LogP contribution >= 0.6 is 11.3 Å². The maximum Gasteiger partial charge on any atom is 0.0758 e. The summed E-state index contributed by atoms with van der Waals surface area (Å²) in [4.78, 5) is 2.73. The van der Waals surface area contributed by atoms with Crippen LogP contribution in [0.15, 0.2) is 72.9 Å². The summed E-state index contributed by atoms with van der Waals surface area (Å²) < 4.78 is 4.50. The molecule has 0 aliphatic carbocycles. The molecule has 3 aromatic carbocycles. The highest BCUT2D eigenvalue weighted by Gasteiger charge is 2.17. The quantitative estimate of drug-likeness (QED) is 0.263. The zero-order chi connectivity index (χ0) is 22.3. The average Bonchev–Trinajstić information content (AvgIpc) is 3.52. The molecule has 7 aromatic rings. The normalized spacial score (nSPS) is 12.2. The molecule has 4 aromatic heterocycles. The largest absolute Gasteiger partial charge is 0.341 e. The molecule has 0 amide bonds. The van der Waals surface area contributed by atoms with E-state index in [-0.39, 0.29) is 0 Å². The van der Waals surface area contributed by atoms with Gasteiger partial charge in [0, 0.05) is 54.3 Å². The molecule has 0 bridgehead atoms. The van der Waals surface area contributed by atoms with Crippen LogP contribution in [0.2, 0.25) is 0 Å². The molecule has 4 heterocycles. The van der Waals surface area contributed by atoms with Gasteiger partial charge in [-0.2, -0.15) is 5.10 Å². The fraction of sp³-hybridized carbons (Fsp3) is 0.138. The molecule has 33 heavy (non-hydrogen) atoms. The highest BCUT2D eigenvalue weighted by atomic mass is 32.1. The number of rotatable bonds is 2. The molecule has 0 radical (unpaired) electrons. The minimum absolute atomic E-state index is 0.966. The van der Waals surface area contributed by atoms with Crippen LogP contribution in [0, 0.1) is 13.8 Å². The van der Waals surface area contributed by atoms with Crippen LogP contribution in [-0.2, 0) is 6.54 Å². The summed E-state index contributed by atoms with van der Waals surface area (Å²) in [5.41, 5.74) is 7.46. The fourth-order valence-corrected chi connectivity index (χ4v) is 6.76. The van der Waals surface area contributed by atoms with Gasteiger partial charge in [0.25, 0.3) is 0 Å². The van der Waals surface area contributed by atoms with Crippen molar-refractivity contribution in [2.75, 3.05) is 0 Å². The Morgan fingerprint density at radius 1 is 0.697 bits per heavy atom. The van der Waals surface area contributed by atoms with Gasteiger partial charge in [-0.1, -0.05) is 30.3 Å². The van der Waals surface area contributed by atoms with Gasteiger partial charge in [-0.25, -0.2) is 4.52 Å². The Bertz CT molecular complexity index is 1880. The lowest BCUT2D eigenvalue weighted by Crippen LogP contribution is -1.93. The third-order valence-electron chi connectivity index (χ3n) is 7.08. The molecule has 0 fully saturated rings. The first-order chi connectivity index (χ1) is 16.2. The summed E-state index contributed by atoms with van der Waals surface area (Å²) in [6, 6.07) is 24.6. The van der Waals surface area contributed by atoms with Gasteiger partial charge in [-0.05, 0) is 68.3 Å². The Balaban J connectivity index is 1.55. The second-order valence-electron chi connectivity index (χ2n) is 8.82. The number of para-hydroxylation sites is 1. The van der Waals surface area contributed by atoms with Crippen molar-refractivity contribution in [1.29, 1.82) is 0 Å². The number of thiophene rings is 1. The van der Waals surface area contributed by atoms with Gasteiger partial charge < -0.3 is 4.57 Å². The van der Waals surface area contributed by atoms with Crippen molar-refractivity contribution in [2.45, 2.75) is 27.3 Å². The Labute approximate surface area is 195 Å². The fourth-order valence-electron chi connectivity index (χ4n) is 5.68. The predicted octanol–water partition coefficient (Wildman–Crippen LogP) is 8.11. The van der Waals surface area contributed by atoms with E-state index in [1.807, 2.05) is 17.5 Å². The Hall–Kier alpha value is -3.63. The van der Waals surface area contributed by atoms with Gasteiger partial charge in [-0.15, -0.1) is 11.3 Å². The van der Waals surface area contributed by atoms with Crippen LogP contribution in [0.1, 0.15) is 16.7 Å². The van der Waals surface area contributed by atoms with Crippen molar-refractivity contribution in [3.8, 4) is 11.1 Å². The zero-order valence-electron chi connectivity index (χ0n) is 18.9. The SMILES string of the molecule is CCn1c2ccccc2c2cc(-c3ccc4c(c3)c3c(C)sc(C)c3c3ccnn43)ccc21. The monoisotopic (exact) mass is 445 g/mol. The third-order valence-corrected chi connectivity index (χ3v) is 8.10. The van der Waals surface area contributed by atoms with Crippen LogP contribution in [0.4, 0.5) is 0 Å². The summed E-state index contributed by atoms with van der Waals surface area (Å²) in [7, 11) is 0. The van der Waals surface area contributed by atoms with Crippen molar-refractivity contribution in [2.24, 2.45) is 0 Å². The first-order valence-electron chi connectivity index (χ1n) is 11.5. The number of aromatic nitrogens is 3. The number of fused-ring (bicyclic) bond motifs is 9. The molecule has 0 spiro atoms. The van der Waals surface area contributed by atoms with Gasteiger partial charge in [0.05, 0.1) is 17.2 Å². The minimum atomic E-state index is 0.966. The topological polar surface area (TPSA) is 22.2 Å². The minimum Gasteiger partial charge on any atom is -0.341 e. The van der Waals surface area contributed by atoms with Crippen molar-refractivity contribution in [3.63, 3.8) is 0 Å². The molecule has 0 atom stereocenters. The number of benzene rings is 3. The molecule has 3 nitrogen and oxygen atoms in total. The molecular weight excluding hydrogens is 422 g/mol. The van der Waals surface area contributed by atoms with E-state index >= 15 is 0 Å². The molecule has 0 saturated carbocycles. The number of hydrogen-bond donors (Lipinski definition) is 0. The second-order valence-corrected chi connectivity index (χ2v) is 10.2. The van der Waals surface area contributed by atoms with Crippen LogP contribution < -0.4 is 0 Å². The van der Waals surface area contributed by atoms with Crippen LogP contribution in [0.25, 0.3) is 60.1 Å². The van der Waals surface area contributed by atoms with E-state index in [1.54, 1.807) is 0 Å². The molecule has 0 aliphatic heterocycles. The van der Waals surface area contributed by atoms with E-state index in [4.69, 9.17) is 0 Å². The zero-order valence-corrected chi connectivity index (χ0v) is 19.7. The molecule has 0 aliphatic rings. The van der Waals surface area contributed by atoms with Crippen molar-refractivity contribution in [3.05, 3.63) is 82.7 Å². The van der Waals surface area contributed by atoms with Crippen molar-refractivity contribution >= 4 is 60.3 Å². The smallest absolute Gasteiger partial charge is 0.0758 e. The van der Waals surface area contributed by atoms with Gasteiger partial charge in [0.1, 0.15) is 0 Å². The van der Waals surface area contributed by atoms with Gasteiger partial charge in [0.15, 0.2) is 0 Å². The van der Waals surface area contributed by atoms with E-state index < -0.39 is 0 Å². The van der Waals surface area contributed by atoms with Crippen LogP contribution in [-0.4, -0.2) is 14.2 Å².